The minimum absolute atomic E-state index is 0.448. The highest BCUT2D eigenvalue weighted by atomic mass is 16.5. The fourth-order valence-electron chi connectivity index (χ4n) is 1.47. The Morgan fingerprint density at radius 1 is 1.67 bits per heavy atom. The van der Waals surface area contributed by atoms with E-state index in [0.717, 1.165) is 19.7 Å². The molecule has 1 aliphatic rings. The van der Waals surface area contributed by atoms with Crippen molar-refractivity contribution in [3.63, 3.8) is 0 Å². The molecule has 12 heavy (non-hydrogen) atoms. The van der Waals surface area contributed by atoms with Crippen LogP contribution in [0.25, 0.3) is 0 Å². The summed E-state index contributed by atoms with van der Waals surface area (Å²) in [5, 5.41) is 0. The molecule has 0 bridgehead atoms. The van der Waals surface area contributed by atoms with E-state index < -0.39 is 0 Å². The SMILES string of the molecule is CC(CN)N(C)CC1CCCO1. The van der Waals surface area contributed by atoms with Crippen molar-refractivity contribution in [2.45, 2.75) is 31.9 Å². The van der Waals surface area contributed by atoms with E-state index in [1.54, 1.807) is 0 Å². The Kier molecular flexibility index (Phi) is 3.98. The summed E-state index contributed by atoms with van der Waals surface area (Å²) in [5.74, 6) is 0. The van der Waals surface area contributed by atoms with E-state index >= 15 is 0 Å². The molecule has 72 valence electrons. The molecule has 1 rings (SSSR count). The van der Waals surface area contributed by atoms with Crippen LogP contribution in [0.4, 0.5) is 0 Å². The number of rotatable bonds is 4. The van der Waals surface area contributed by atoms with Gasteiger partial charge in [-0.25, -0.2) is 0 Å². The van der Waals surface area contributed by atoms with Gasteiger partial charge in [0.25, 0.3) is 0 Å². The summed E-state index contributed by atoms with van der Waals surface area (Å²) in [6, 6.07) is 0.467. The Hall–Kier alpha value is -0.120. The monoisotopic (exact) mass is 172 g/mol. The number of likely N-dealkylation sites (N-methyl/N-ethyl adjacent to an activating group) is 1. The van der Waals surface area contributed by atoms with Crippen LogP contribution in [0.15, 0.2) is 0 Å². The van der Waals surface area contributed by atoms with Gasteiger partial charge in [-0.3, -0.25) is 4.90 Å². The predicted octanol–water partition coefficient (Wildman–Crippen LogP) is 0.444. The standard InChI is InChI=1S/C9H20N2O/c1-8(6-10)11(2)7-9-4-3-5-12-9/h8-9H,3-7,10H2,1-2H3. The topological polar surface area (TPSA) is 38.5 Å². The Morgan fingerprint density at radius 3 is 2.92 bits per heavy atom. The van der Waals surface area contributed by atoms with Crippen molar-refractivity contribution >= 4 is 0 Å². The van der Waals surface area contributed by atoms with Gasteiger partial charge in [-0.2, -0.15) is 0 Å². The molecule has 0 aromatic carbocycles. The molecule has 1 fully saturated rings. The zero-order valence-electron chi connectivity index (χ0n) is 8.12. The maximum Gasteiger partial charge on any atom is 0.0702 e. The molecule has 2 unspecified atom stereocenters. The van der Waals surface area contributed by atoms with Gasteiger partial charge in [-0.05, 0) is 26.8 Å². The average Bonchev–Trinajstić information content (AvgIpc) is 2.55. The van der Waals surface area contributed by atoms with E-state index in [4.69, 9.17) is 10.5 Å². The molecule has 2 N–H and O–H groups in total. The normalized spacial score (nSPS) is 26.5. The van der Waals surface area contributed by atoms with Gasteiger partial charge in [-0.1, -0.05) is 0 Å². The molecule has 1 heterocycles. The molecule has 0 aromatic rings. The first-order valence-electron chi connectivity index (χ1n) is 4.76. The van der Waals surface area contributed by atoms with Crippen LogP contribution in [-0.4, -0.2) is 43.8 Å². The molecular formula is C9H20N2O. The van der Waals surface area contributed by atoms with Crippen LogP contribution in [0.5, 0.6) is 0 Å². The lowest BCUT2D eigenvalue weighted by molar-refractivity contribution is 0.0715. The van der Waals surface area contributed by atoms with E-state index in [9.17, 15) is 0 Å². The molecule has 2 atom stereocenters. The molecule has 0 aliphatic carbocycles. The van der Waals surface area contributed by atoms with Gasteiger partial charge in [0, 0.05) is 25.7 Å². The lowest BCUT2D eigenvalue weighted by Gasteiger charge is -2.25. The summed E-state index contributed by atoms with van der Waals surface area (Å²) in [5.41, 5.74) is 5.56. The third-order valence-corrected chi connectivity index (χ3v) is 2.61. The number of nitrogens with zero attached hydrogens (tertiary/aromatic N) is 1. The molecule has 0 spiro atoms. The highest BCUT2D eigenvalue weighted by Gasteiger charge is 2.18. The zero-order valence-corrected chi connectivity index (χ0v) is 8.12. The van der Waals surface area contributed by atoms with Gasteiger partial charge in [-0.15, -0.1) is 0 Å². The lowest BCUT2D eigenvalue weighted by atomic mass is 10.2. The van der Waals surface area contributed by atoms with Gasteiger partial charge in [0.15, 0.2) is 0 Å². The number of hydrogen-bond donors (Lipinski definition) is 1. The van der Waals surface area contributed by atoms with Gasteiger partial charge >= 0.3 is 0 Å². The van der Waals surface area contributed by atoms with Crippen molar-refractivity contribution in [2.75, 3.05) is 26.7 Å². The maximum absolute atomic E-state index is 5.56. The third-order valence-electron chi connectivity index (χ3n) is 2.61. The van der Waals surface area contributed by atoms with Crippen LogP contribution in [0.2, 0.25) is 0 Å². The first-order valence-corrected chi connectivity index (χ1v) is 4.76. The van der Waals surface area contributed by atoms with Gasteiger partial charge in [0.2, 0.25) is 0 Å². The minimum atomic E-state index is 0.448. The van der Waals surface area contributed by atoms with Crippen LogP contribution < -0.4 is 5.73 Å². The molecule has 0 amide bonds. The van der Waals surface area contributed by atoms with Crippen molar-refractivity contribution < 1.29 is 4.74 Å². The van der Waals surface area contributed by atoms with Crippen LogP contribution in [-0.2, 0) is 4.74 Å². The molecule has 1 aliphatic heterocycles. The van der Waals surface area contributed by atoms with Crippen LogP contribution in [0, 0.1) is 0 Å². The van der Waals surface area contributed by atoms with Crippen molar-refractivity contribution in [3.05, 3.63) is 0 Å². The van der Waals surface area contributed by atoms with E-state index in [1.807, 2.05) is 0 Å². The number of nitrogens with two attached hydrogens (primary N) is 1. The molecule has 3 heteroatoms. The lowest BCUT2D eigenvalue weighted by Crippen LogP contribution is -2.39. The first-order chi connectivity index (χ1) is 5.74. The summed E-state index contributed by atoms with van der Waals surface area (Å²) in [7, 11) is 2.11. The Bertz CT molecular complexity index is 124. The van der Waals surface area contributed by atoms with Crippen molar-refractivity contribution in [1.82, 2.24) is 4.90 Å². The highest BCUT2D eigenvalue weighted by molar-refractivity contribution is 4.72. The van der Waals surface area contributed by atoms with E-state index in [2.05, 4.69) is 18.9 Å². The molecule has 0 radical (unpaired) electrons. The molecule has 0 saturated carbocycles. The van der Waals surface area contributed by atoms with Crippen LogP contribution in [0.1, 0.15) is 19.8 Å². The van der Waals surface area contributed by atoms with E-state index in [-0.39, 0.29) is 0 Å². The molecular weight excluding hydrogens is 152 g/mol. The fraction of sp³-hybridized carbons (Fsp3) is 1.00. The largest absolute Gasteiger partial charge is 0.377 e. The third kappa shape index (κ3) is 2.73. The summed E-state index contributed by atoms with van der Waals surface area (Å²) in [6.07, 6.45) is 2.88. The maximum atomic E-state index is 5.56. The van der Waals surface area contributed by atoms with Crippen molar-refractivity contribution in [2.24, 2.45) is 5.73 Å². The quantitative estimate of drug-likeness (QED) is 0.669. The molecule has 3 nitrogen and oxygen atoms in total. The second-order valence-corrected chi connectivity index (χ2v) is 3.66. The number of hydrogen-bond acceptors (Lipinski definition) is 3. The predicted molar refractivity (Wildman–Crippen MR) is 50.1 cm³/mol. The summed E-state index contributed by atoms with van der Waals surface area (Å²) < 4.78 is 5.54. The van der Waals surface area contributed by atoms with Crippen LogP contribution >= 0.6 is 0 Å². The molecule has 1 saturated heterocycles. The van der Waals surface area contributed by atoms with Crippen molar-refractivity contribution in [1.29, 1.82) is 0 Å². The highest BCUT2D eigenvalue weighted by Crippen LogP contribution is 2.13. The summed E-state index contributed by atoms with van der Waals surface area (Å²) in [4.78, 5) is 2.27. The Labute approximate surface area is 74.9 Å². The van der Waals surface area contributed by atoms with E-state index in [0.29, 0.717) is 12.1 Å². The minimum Gasteiger partial charge on any atom is -0.377 e. The first kappa shape index (κ1) is 9.96. The second-order valence-electron chi connectivity index (χ2n) is 3.66. The van der Waals surface area contributed by atoms with E-state index in [1.165, 1.54) is 12.8 Å². The van der Waals surface area contributed by atoms with Crippen molar-refractivity contribution in [3.8, 4) is 0 Å². The summed E-state index contributed by atoms with van der Waals surface area (Å²) in [6.45, 7) is 4.84. The molecule has 0 aromatic heterocycles. The van der Waals surface area contributed by atoms with Gasteiger partial charge < -0.3 is 10.5 Å². The van der Waals surface area contributed by atoms with Gasteiger partial charge in [0.1, 0.15) is 0 Å². The summed E-state index contributed by atoms with van der Waals surface area (Å²) >= 11 is 0. The van der Waals surface area contributed by atoms with Crippen LogP contribution in [0.3, 0.4) is 0 Å². The smallest absolute Gasteiger partial charge is 0.0702 e. The number of ether oxygens (including phenoxy) is 1. The Balaban J connectivity index is 2.19. The van der Waals surface area contributed by atoms with Gasteiger partial charge in [0.05, 0.1) is 6.10 Å². The average molecular weight is 172 g/mol. The fourth-order valence-corrected chi connectivity index (χ4v) is 1.47. The Morgan fingerprint density at radius 2 is 2.42 bits per heavy atom. The zero-order chi connectivity index (χ0) is 8.97. The second kappa shape index (κ2) is 4.80.